The first-order valence-electron chi connectivity index (χ1n) is 8.29. The van der Waals surface area contributed by atoms with Crippen LogP contribution in [-0.2, 0) is 11.3 Å². The molecule has 27 heavy (non-hydrogen) atoms. The Kier molecular flexibility index (Phi) is 4.03. The van der Waals surface area contributed by atoms with Gasteiger partial charge in [-0.15, -0.1) is 5.10 Å². The van der Waals surface area contributed by atoms with Gasteiger partial charge in [-0.25, -0.2) is 14.6 Å². The Balaban J connectivity index is 1.79. The Hall–Kier alpha value is -3.75. The van der Waals surface area contributed by atoms with Gasteiger partial charge >= 0.3 is 0 Å². The molecule has 1 aromatic carbocycles. The van der Waals surface area contributed by atoms with Crippen molar-refractivity contribution < 1.29 is 4.79 Å². The van der Waals surface area contributed by atoms with Gasteiger partial charge in [0.05, 0.1) is 5.52 Å². The van der Waals surface area contributed by atoms with Crippen LogP contribution in [0.15, 0.2) is 53.7 Å². The number of para-hydroxylation sites is 1. The van der Waals surface area contributed by atoms with Gasteiger partial charge < -0.3 is 10.2 Å². The van der Waals surface area contributed by atoms with Crippen LogP contribution in [0.4, 0.5) is 11.8 Å². The van der Waals surface area contributed by atoms with E-state index < -0.39 is 5.91 Å². The number of amides is 1. The maximum absolute atomic E-state index is 12.9. The van der Waals surface area contributed by atoms with Gasteiger partial charge in [0, 0.05) is 25.7 Å². The van der Waals surface area contributed by atoms with Crippen LogP contribution in [-0.4, -0.2) is 44.2 Å². The molecule has 0 spiro atoms. The van der Waals surface area contributed by atoms with Crippen molar-refractivity contribution in [2.45, 2.75) is 6.54 Å². The third-order valence-electron chi connectivity index (χ3n) is 4.12. The summed E-state index contributed by atoms with van der Waals surface area (Å²) in [6.45, 7) is -0.221. The lowest BCUT2D eigenvalue weighted by Gasteiger charge is -2.16. The highest BCUT2D eigenvalue weighted by molar-refractivity contribution is 5.90. The smallest absolute Gasteiger partial charge is 0.291 e. The molecule has 0 saturated heterocycles. The van der Waals surface area contributed by atoms with Gasteiger partial charge in [0.2, 0.25) is 11.9 Å². The van der Waals surface area contributed by atoms with E-state index in [1.54, 1.807) is 15.4 Å². The van der Waals surface area contributed by atoms with Gasteiger partial charge in [-0.1, -0.05) is 18.2 Å². The molecule has 1 N–H and O–H groups in total. The van der Waals surface area contributed by atoms with Crippen LogP contribution in [0.5, 0.6) is 0 Å². The molecule has 0 radical (unpaired) electrons. The maximum Gasteiger partial charge on any atom is 0.291 e. The average Bonchev–Trinajstić information content (AvgIpc) is 3.04. The standard InChI is InChI=1S/C18H17N7O2/c1-23(2)18-22-24(10-16(26)21-15-7-8-19-11-20-15)17(27)14-9-12-5-3-4-6-13(12)25(14)18/h3-9,11H,10H2,1-2H3,(H,19,20,21,26). The third kappa shape index (κ3) is 2.99. The molecule has 1 amide bonds. The summed E-state index contributed by atoms with van der Waals surface area (Å²) in [4.78, 5) is 34.8. The summed E-state index contributed by atoms with van der Waals surface area (Å²) < 4.78 is 2.97. The van der Waals surface area contributed by atoms with Crippen LogP contribution >= 0.6 is 0 Å². The second kappa shape index (κ2) is 6.52. The summed E-state index contributed by atoms with van der Waals surface area (Å²) in [7, 11) is 3.68. The average molecular weight is 363 g/mol. The highest BCUT2D eigenvalue weighted by Crippen LogP contribution is 2.22. The van der Waals surface area contributed by atoms with Gasteiger partial charge in [0.15, 0.2) is 0 Å². The number of benzene rings is 1. The van der Waals surface area contributed by atoms with Crippen molar-refractivity contribution in [3.63, 3.8) is 0 Å². The van der Waals surface area contributed by atoms with Gasteiger partial charge in [0.25, 0.3) is 5.56 Å². The molecule has 9 heteroatoms. The van der Waals surface area contributed by atoms with E-state index in [4.69, 9.17) is 0 Å². The van der Waals surface area contributed by atoms with Crippen molar-refractivity contribution in [2.75, 3.05) is 24.3 Å². The van der Waals surface area contributed by atoms with Crippen molar-refractivity contribution in [2.24, 2.45) is 0 Å². The maximum atomic E-state index is 12.9. The van der Waals surface area contributed by atoms with E-state index in [0.717, 1.165) is 10.9 Å². The lowest BCUT2D eigenvalue weighted by molar-refractivity contribution is -0.117. The number of rotatable bonds is 4. The van der Waals surface area contributed by atoms with Crippen LogP contribution in [0.2, 0.25) is 0 Å². The lowest BCUT2D eigenvalue weighted by Crippen LogP contribution is -2.33. The minimum atomic E-state index is -0.395. The molecule has 0 aliphatic carbocycles. The summed E-state index contributed by atoms with van der Waals surface area (Å²) in [5.41, 5.74) is 1.01. The van der Waals surface area contributed by atoms with Gasteiger partial charge in [-0.2, -0.15) is 0 Å². The summed E-state index contributed by atoms with van der Waals surface area (Å²) in [6.07, 6.45) is 2.86. The third-order valence-corrected chi connectivity index (χ3v) is 4.12. The SMILES string of the molecule is CN(C)c1nn(CC(=O)Nc2ccncn2)c(=O)c2cc3ccccc3n12. The Morgan fingerprint density at radius 3 is 2.74 bits per heavy atom. The predicted octanol–water partition coefficient (Wildman–Crippen LogP) is 1.14. The molecule has 0 aliphatic rings. The van der Waals surface area contributed by atoms with Gasteiger partial charge in [0.1, 0.15) is 24.2 Å². The minimum Gasteiger partial charge on any atom is -0.347 e. The number of nitrogens with one attached hydrogen (secondary N) is 1. The van der Waals surface area contributed by atoms with E-state index in [1.165, 1.54) is 17.2 Å². The molecule has 0 saturated carbocycles. The molecule has 4 rings (SSSR count). The summed E-state index contributed by atoms with van der Waals surface area (Å²) in [6, 6.07) is 11.1. The molecular formula is C18H17N7O2. The highest BCUT2D eigenvalue weighted by Gasteiger charge is 2.17. The molecule has 3 heterocycles. The van der Waals surface area contributed by atoms with Gasteiger partial charge in [-0.05, 0) is 18.2 Å². The molecule has 3 aromatic heterocycles. The summed E-state index contributed by atoms with van der Waals surface area (Å²) in [5.74, 6) is 0.527. The molecule has 0 bridgehead atoms. The lowest BCUT2D eigenvalue weighted by atomic mass is 10.2. The zero-order chi connectivity index (χ0) is 19.0. The van der Waals surface area contributed by atoms with Crippen molar-refractivity contribution in [3.05, 3.63) is 59.3 Å². The number of fused-ring (bicyclic) bond motifs is 3. The monoisotopic (exact) mass is 363 g/mol. The van der Waals surface area contributed by atoms with Gasteiger partial charge in [-0.3, -0.25) is 14.0 Å². The van der Waals surface area contributed by atoms with E-state index >= 15 is 0 Å². The van der Waals surface area contributed by atoms with Crippen molar-refractivity contribution in [1.29, 1.82) is 0 Å². The van der Waals surface area contributed by atoms with E-state index in [-0.39, 0.29) is 12.1 Å². The van der Waals surface area contributed by atoms with E-state index in [0.29, 0.717) is 17.3 Å². The summed E-state index contributed by atoms with van der Waals surface area (Å²) >= 11 is 0. The Labute approximate surface area is 153 Å². The highest BCUT2D eigenvalue weighted by atomic mass is 16.2. The molecule has 9 nitrogen and oxygen atoms in total. The normalized spacial score (nSPS) is 11.0. The first kappa shape index (κ1) is 16.7. The van der Waals surface area contributed by atoms with Crippen molar-refractivity contribution in [3.8, 4) is 0 Å². The largest absolute Gasteiger partial charge is 0.347 e. The topological polar surface area (TPSA) is 97.4 Å². The van der Waals surface area contributed by atoms with Crippen LogP contribution in [0.1, 0.15) is 0 Å². The fourth-order valence-corrected chi connectivity index (χ4v) is 2.94. The van der Waals surface area contributed by atoms with E-state index in [2.05, 4.69) is 20.4 Å². The number of hydrogen-bond donors (Lipinski definition) is 1. The van der Waals surface area contributed by atoms with Crippen LogP contribution in [0.3, 0.4) is 0 Å². The van der Waals surface area contributed by atoms with Crippen molar-refractivity contribution >= 4 is 34.1 Å². The Morgan fingerprint density at radius 2 is 2.00 bits per heavy atom. The Morgan fingerprint density at radius 1 is 1.19 bits per heavy atom. The fraction of sp³-hybridized carbons (Fsp3) is 0.167. The Bertz CT molecular complexity index is 1200. The zero-order valence-electron chi connectivity index (χ0n) is 14.8. The number of anilines is 2. The van der Waals surface area contributed by atoms with E-state index in [9.17, 15) is 9.59 Å². The number of hydrogen-bond acceptors (Lipinski definition) is 6. The number of carbonyl (C=O) groups excluding carboxylic acids is 1. The quantitative estimate of drug-likeness (QED) is 0.584. The second-order valence-corrected chi connectivity index (χ2v) is 6.22. The molecule has 0 unspecified atom stereocenters. The molecule has 0 atom stereocenters. The molecule has 4 aromatic rings. The second-order valence-electron chi connectivity index (χ2n) is 6.22. The molecule has 0 fully saturated rings. The number of nitrogens with zero attached hydrogens (tertiary/aromatic N) is 6. The van der Waals surface area contributed by atoms with Crippen LogP contribution in [0, 0.1) is 0 Å². The molecular weight excluding hydrogens is 346 g/mol. The van der Waals surface area contributed by atoms with Crippen molar-refractivity contribution in [1.82, 2.24) is 24.1 Å². The zero-order valence-corrected chi connectivity index (χ0v) is 14.8. The van der Waals surface area contributed by atoms with Crippen LogP contribution in [0.25, 0.3) is 16.4 Å². The summed E-state index contributed by atoms with van der Waals surface area (Å²) in [5, 5.41) is 7.97. The molecule has 0 aliphatic heterocycles. The first-order valence-corrected chi connectivity index (χ1v) is 8.29. The number of carbonyl (C=O) groups is 1. The predicted molar refractivity (Wildman–Crippen MR) is 102 cm³/mol. The number of aromatic nitrogens is 5. The fourth-order valence-electron chi connectivity index (χ4n) is 2.94. The van der Waals surface area contributed by atoms with Crippen LogP contribution < -0.4 is 15.8 Å². The first-order chi connectivity index (χ1) is 13.0. The molecule has 136 valence electrons. The minimum absolute atomic E-state index is 0.221. The van der Waals surface area contributed by atoms with E-state index in [1.807, 2.05) is 44.4 Å².